The molecule has 2 aromatic carbocycles. The Bertz CT molecular complexity index is 974. The summed E-state index contributed by atoms with van der Waals surface area (Å²) in [6.45, 7) is 1.86. The Hall–Kier alpha value is -2.84. The molecule has 8 heteroatoms. The molecule has 0 radical (unpaired) electrons. The SMILES string of the molecule is COc1cc(/C=C2/SC(=S)N(Cc3ccccc3)C2=O)ccc1OC(C)C(=O)O. The lowest BCUT2D eigenvalue weighted by molar-refractivity contribution is -0.144. The van der Waals surface area contributed by atoms with Gasteiger partial charge in [0.15, 0.2) is 17.6 Å². The highest BCUT2D eigenvalue weighted by molar-refractivity contribution is 8.26. The summed E-state index contributed by atoms with van der Waals surface area (Å²) in [5, 5.41) is 9.00. The highest BCUT2D eigenvalue weighted by Gasteiger charge is 2.32. The van der Waals surface area contributed by atoms with Gasteiger partial charge >= 0.3 is 5.97 Å². The van der Waals surface area contributed by atoms with Crippen molar-refractivity contribution in [2.24, 2.45) is 0 Å². The maximum atomic E-state index is 12.8. The molecule has 0 aliphatic carbocycles. The highest BCUT2D eigenvalue weighted by atomic mass is 32.2. The predicted molar refractivity (Wildman–Crippen MR) is 116 cm³/mol. The third-order valence-electron chi connectivity index (χ3n) is 4.19. The quantitative estimate of drug-likeness (QED) is 0.528. The molecule has 1 unspecified atom stereocenters. The fraction of sp³-hybridized carbons (Fsp3) is 0.190. The minimum Gasteiger partial charge on any atom is -0.493 e. The van der Waals surface area contributed by atoms with Crippen molar-refractivity contribution in [3.8, 4) is 11.5 Å². The summed E-state index contributed by atoms with van der Waals surface area (Å²) in [4.78, 5) is 25.9. The lowest BCUT2D eigenvalue weighted by Gasteiger charge is -2.14. The Morgan fingerprint density at radius 2 is 1.97 bits per heavy atom. The first kappa shape index (κ1) is 20.9. The van der Waals surface area contributed by atoms with E-state index in [1.54, 1.807) is 29.2 Å². The Morgan fingerprint density at radius 3 is 2.62 bits per heavy atom. The minimum absolute atomic E-state index is 0.150. The summed E-state index contributed by atoms with van der Waals surface area (Å²) in [6.07, 6.45) is 0.723. The van der Waals surface area contributed by atoms with Crippen molar-refractivity contribution in [3.63, 3.8) is 0 Å². The second-order valence-corrected chi connectivity index (χ2v) is 7.94. The molecule has 6 nitrogen and oxygen atoms in total. The van der Waals surface area contributed by atoms with Crippen molar-refractivity contribution in [2.75, 3.05) is 7.11 Å². The van der Waals surface area contributed by atoms with E-state index in [9.17, 15) is 9.59 Å². The molecular formula is C21H19NO5S2. The zero-order chi connectivity index (χ0) is 21.0. The molecule has 1 aliphatic rings. The molecule has 1 N–H and O–H groups in total. The van der Waals surface area contributed by atoms with E-state index in [4.69, 9.17) is 26.8 Å². The average Bonchev–Trinajstić information content (AvgIpc) is 2.97. The number of carboxylic acid groups (broad SMARTS) is 1. The molecule has 2 aromatic rings. The van der Waals surface area contributed by atoms with Crippen LogP contribution >= 0.6 is 24.0 Å². The van der Waals surface area contributed by atoms with E-state index in [1.165, 1.54) is 25.8 Å². The summed E-state index contributed by atoms with van der Waals surface area (Å²) in [7, 11) is 1.47. The van der Waals surface area contributed by atoms with Crippen molar-refractivity contribution in [3.05, 3.63) is 64.6 Å². The molecule has 1 saturated heterocycles. The van der Waals surface area contributed by atoms with Gasteiger partial charge in [-0.05, 0) is 36.3 Å². The smallest absolute Gasteiger partial charge is 0.344 e. The Labute approximate surface area is 178 Å². The number of carbonyl (C=O) groups excluding carboxylic acids is 1. The summed E-state index contributed by atoms with van der Waals surface area (Å²) >= 11 is 6.63. The van der Waals surface area contributed by atoms with Crippen molar-refractivity contribution in [2.45, 2.75) is 19.6 Å². The van der Waals surface area contributed by atoms with Crippen molar-refractivity contribution in [1.82, 2.24) is 4.90 Å². The van der Waals surface area contributed by atoms with Crippen LogP contribution in [0.3, 0.4) is 0 Å². The first-order chi connectivity index (χ1) is 13.9. The van der Waals surface area contributed by atoms with E-state index < -0.39 is 12.1 Å². The van der Waals surface area contributed by atoms with Gasteiger partial charge in [0.05, 0.1) is 18.6 Å². The number of rotatable bonds is 7. The van der Waals surface area contributed by atoms with Crippen molar-refractivity contribution >= 4 is 46.3 Å². The number of thioether (sulfide) groups is 1. The largest absolute Gasteiger partial charge is 0.493 e. The average molecular weight is 430 g/mol. The van der Waals surface area contributed by atoms with Gasteiger partial charge in [-0.15, -0.1) is 0 Å². The van der Waals surface area contributed by atoms with Gasteiger partial charge in [-0.2, -0.15) is 0 Å². The maximum Gasteiger partial charge on any atom is 0.344 e. The van der Waals surface area contributed by atoms with E-state index in [-0.39, 0.29) is 5.91 Å². The summed E-state index contributed by atoms with van der Waals surface area (Å²) < 4.78 is 11.2. The Kier molecular flexibility index (Phi) is 6.56. The van der Waals surface area contributed by atoms with Crippen LogP contribution in [0.1, 0.15) is 18.1 Å². The van der Waals surface area contributed by atoms with Crippen molar-refractivity contribution in [1.29, 1.82) is 0 Å². The molecule has 0 bridgehead atoms. The molecule has 1 aliphatic heterocycles. The number of hydrogen-bond donors (Lipinski definition) is 1. The van der Waals surface area contributed by atoms with E-state index in [0.29, 0.717) is 27.3 Å². The predicted octanol–water partition coefficient (Wildman–Crippen LogP) is 3.95. The number of methoxy groups -OCH3 is 1. The van der Waals surface area contributed by atoms with Gasteiger partial charge in [0, 0.05) is 0 Å². The van der Waals surface area contributed by atoms with Gasteiger partial charge in [-0.1, -0.05) is 60.4 Å². The van der Waals surface area contributed by atoms with Gasteiger partial charge in [-0.25, -0.2) is 4.79 Å². The Morgan fingerprint density at radius 1 is 1.24 bits per heavy atom. The third-order valence-corrected chi connectivity index (χ3v) is 5.57. The highest BCUT2D eigenvalue weighted by Crippen LogP contribution is 2.35. The monoisotopic (exact) mass is 429 g/mol. The molecule has 1 atom stereocenters. The maximum absolute atomic E-state index is 12.8. The number of carbonyl (C=O) groups is 2. The number of amides is 1. The van der Waals surface area contributed by atoms with Crippen LogP contribution in [-0.2, 0) is 16.1 Å². The summed E-state index contributed by atoms with van der Waals surface area (Å²) in [5.74, 6) is -0.524. The second-order valence-electron chi connectivity index (χ2n) is 6.26. The number of nitrogens with zero attached hydrogens (tertiary/aromatic N) is 1. The van der Waals surface area contributed by atoms with Crippen LogP contribution in [-0.4, -0.2) is 39.4 Å². The molecule has 3 rings (SSSR count). The van der Waals surface area contributed by atoms with Crippen LogP contribution in [0.2, 0.25) is 0 Å². The number of carboxylic acids is 1. The summed E-state index contributed by atoms with van der Waals surface area (Å²) in [6, 6.07) is 14.7. The van der Waals surface area contributed by atoms with Crippen LogP contribution < -0.4 is 9.47 Å². The molecule has 29 heavy (non-hydrogen) atoms. The first-order valence-corrected chi connectivity index (χ1v) is 9.98. The molecule has 0 aromatic heterocycles. The Balaban J connectivity index is 1.80. The number of ether oxygens (including phenoxy) is 2. The number of benzene rings is 2. The number of hydrogen-bond acceptors (Lipinski definition) is 6. The van der Waals surface area contributed by atoms with Crippen molar-refractivity contribution < 1.29 is 24.2 Å². The third kappa shape index (κ3) is 4.96. The molecule has 150 valence electrons. The number of thiocarbonyl (C=S) groups is 1. The van der Waals surface area contributed by atoms with E-state index >= 15 is 0 Å². The van der Waals surface area contributed by atoms with E-state index in [2.05, 4.69) is 0 Å². The van der Waals surface area contributed by atoms with Crippen LogP contribution in [0.4, 0.5) is 0 Å². The minimum atomic E-state index is -1.07. The normalized spacial score (nSPS) is 16.2. The van der Waals surface area contributed by atoms with Gasteiger partial charge in [-0.3, -0.25) is 9.69 Å². The zero-order valence-corrected chi connectivity index (χ0v) is 17.5. The fourth-order valence-electron chi connectivity index (χ4n) is 2.67. The molecular weight excluding hydrogens is 410 g/mol. The van der Waals surface area contributed by atoms with Crippen LogP contribution in [0.15, 0.2) is 53.4 Å². The van der Waals surface area contributed by atoms with Gasteiger partial charge in [0.25, 0.3) is 5.91 Å². The lowest BCUT2D eigenvalue weighted by atomic mass is 10.1. The molecule has 1 heterocycles. The van der Waals surface area contributed by atoms with E-state index in [1.807, 2.05) is 30.3 Å². The first-order valence-electron chi connectivity index (χ1n) is 8.76. The van der Waals surface area contributed by atoms with Crippen LogP contribution in [0.5, 0.6) is 11.5 Å². The van der Waals surface area contributed by atoms with E-state index in [0.717, 1.165) is 11.1 Å². The molecule has 1 fully saturated rings. The fourth-order valence-corrected chi connectivity index (χ4v) is 3.92. The molecule has 0 spiro atoms. The van der Waals surface area contributed by atoms with Gasteiger partial charge in [0.1, 0.15) is 4.32 Å². The molecule has 1 amide bonds. The van der Waals surface area contributed by atoms with Gasteiger partial charge < -0.3 is 14.6 Å². The zero-order valence-electron chi connectivity index (χ0n) is 15.8. The van der Waals surface area contributed by atoms with Crippen LogP contribution in [0.25, 0.3) is 6.08 Å². The second kappa shape index (κ2) is 9.11. The van der Waals surface area contributed by atoms with Gasteiger partial charge in [0.2, 0.25) is 0 Å². The topological polar surface area (TPSA) is 76.1 Å². The summed E-state index contributed by atoms with van der Waals surface area (Å²) in [5.41, 5.74) is 1.72. The van der Waals surface area contributed by atoms with Crippen LogP contribution in [0, 0.1) is 0 Å². The standard InChI is InChI=1S/C21H19NO5S2/c1-13(20(24)25)27-16-9-8-15(10-17(16)26-2)11-18-19(23)22(21(28)29-18)12-14-6-4-3-5-7-14/h3-11,13H,12H2,1-2H3,(H,24,25)/b18-11+. The lowest BCUT2D eigenvalue weighted by Crippen LogP contribution is -2.27. The molecule has 0 saturated carbocycles. The number of aliphatic carboxylic acids is 1.